The van der Waals surface area contributed by atoms with Crippen LogP contribution in [0.15, 0.2) is 53.7 Å². The van der Waals surface area contributed by atoms with E-state index in [4.69, 9.17) is 0 Å². The molecule has 2 N–H and O–H groups in total. The minimum Gasteiger partial charge on any atom is -0.332 e. The Morgan fingerprint density at radius 2 is 1.90 bits per heavy atom. The van der Waals surface area contributed by atoms with E-state index in [1.807, 2.05) is 24.3 Å². The number of para-hydroxylation sites is 3. The van der Waals surface area contributed by atoms with Gasteiger partial charge in [-0.15, -0.1) is 0 Å². The molecule has 0 aliphatic carbocycles. The number of anilines is 1. The number of aromatic nitrogens is 2. The predicted molar refractivity (Wildman–Crippen MR) is 77.4 cm³/mol. The maximum atomic E-state index is 13.4. The quantitative estimate of drug-likeness (QED) is 0.700. The zero-order valence-corrected chi connectivity index (χ0v) is 11.1. The van der Waals surface area contributed by atoms with Crippen molar-refractivity contribution in [1.29, 1.82) is 0 Å². The second kappa shape index (κ2) is 5.34. The van der Waals surface area contributed by atoms with Gasteiger partial charge in [0, 0.05) is 11.8 Å². The molecule has 0 unspecified atom stereocenters. The Morgan fingerprint density at radius 3 is 2.70 bits per heavy atom. The first-order valence-electron chi connectivity index (χ1n) is 5.90. The third-order valence-electron chi connectivity index (χ3n) is 2.67. The van der Waals surface area contributed by atoms with Gasteiger partial charge < -0.3 is 10.3 Å². The number of benzene rings is 2. The summed E-state index contributed by atoms with van der Waals surface area (Å²) in [5, 5.41) is 2.57. The molecule has 0 radical (unpaired) electrons. The lowest BCUT2D eigenvalue weighted by Crippen LogP contribution is -2.06. The van der Waals surface area contributed by atoms with Crippen LogP contribution in [0.1, 0.15) is 0 Å². The predicted octanol–water partition coefficient (Wildman–Crippen LogP) is 4.03. The number of carbonyl (C=O) groups is 1. The van der Waals surface area contributed by atoms with Crippen LogP contribution in [-0.2, 0) is 0 Å². The van der Waals surface area contributed by atoms with Crippen LogP contribution in [0.5, 0.6) is 0 Å². The van der Waals surface area contributed by atoms with Gasteiger partial charge in [0.1, 0.15) is 5.82 Å². The van der Waals surface area contributed by atoms with Crippen molar-refractivity contribution in [2.45, 2.75) is 5.16 Å². The first-order valence-corrected chi connectivity index (χ1v) is 6.72. The minimum atomic E-state index is -0.467. The highest BCUT2D eigenvalue weighted by molar-refractivity contribution is 8.13. The number of fused-ring (bicyclic) bond motifs is 1. The molecular weight excluding hydrogens is 277 g/mol. The molecule has 100 valence electrons. The zero-order valence-electron chi connectivity index (χ0n) is 10.3. The molecule has 1 heterocycles. The van der Waals surface area contributed by atoms with Gasteiger partial charge in [-0.25, -0.2) is 9.37 Å². The Labute approximate surface area is 118 Å². The van der Waals surface area contributed by atoms with E-state index in [0.717, 1.165) is 22.8 Å². The van der Waals surface area contributed by atoms with Crippen LogP contribution >= 0.6 is 11.8 Å². The number of halogens is 1. The minimum absolute atomic E-state index is 0.154. The van der Waals surface area contributed by atoms with Crippen LogP contribution < -0.4 is 5.32 Å². The summed E-state index contributed by atoms with van der Waals surface area (Å²) in [6, 6.07) is 13.5. The number of amides is 1. The Hall–Kier alpha value is -2.34. The summed E-state index contributed by atoms with van der Waals surface area (Å²) in [7, 11) is 0. The van der Waals surface area contributed by atoms with E-state index in [-0.39, 0.29) is 5.69 Å². The van der Waals surface area contributed by atoms with E-state index in [1.165, 1.54) is 12.1 Å². The topological polar surface area (TPSA) is 57.8 Å². The smallest absolute Gasteiger partial charge is 0.291 e. The molecule has 20 heavy (non-hydrogen) atoms. The van der Waals surface area contributed by atoms with Crippen molar-refractivity contribution < 1.29 is 9.18 Å². The maximum absolute atomic E-state index is 13.4. The van der Waals surface area contributed by atoms with Crippen molar-refractivity contribution in [2.75, 3.05) is 5.32 Å². The van der Waals surface area contributed by atoms with Gasteiger partial charge in [0.2, 0.25) is 0 Å². The number of aromatic amines is 1. The van der Waals surface area contributed by atoms with Gasteiger partial charge in [-0.1, -0.05) is 24.3 Å². The summed E-state index contributed by atoms with van der Waals surface area (Å²) >= 11 is 0.890. The lowest BCUT2D eigenvalue weighted by molar-refractivity contribution is 0.269. The van der Waals surface area contributed by atoms with Crippen LogP contribution in [0.3, 0.4) is 0 Å². The van der Waals surface area contributed by atoms with E-state index in [9.17, 15) is 9.18 Å². The Kier molecular flexibility index (Phi) is 3.39. The number of carbonyl (C=O) groups excluding carboxylic acids is 1. The highest BCUT2D eigenvalue weighted by atomic mass is 32.2. The Balaban J connectivity index is 1.74. The summed E-state index contributed by atoms with van der Waals surface area (Å²) in [6.45, 7) is 0. The summed E-state index contributed by atoms with van der Waals surface area (Å²) in [5.74, 6) is -0.467. The fraction of sp³-hybridized carbons (Fsp3) is 0. The van der Waals surface area contributed by atoms with E-state index >= 15 is 0 Å². The molecule has 0 fully saturated rings. The lowest BCUT2D eigenvalue weighted by Gasteiger charge is -2.03. The van der Waals surface area contributed by atoms with Gasteiger partial charge in [-0.3, -0.25) is 4.79 Å². The molecule has 0 saturated carbocycles. The molecule has 6 heteroatoms. The first-order chi connectivity index (χ1) is 9.72. The lowest BCUT2D eigenvalue weighted by atomic mass is 10.3. The number of nitrogens with one attached hydrogen (secondary N) is 2. The van der Waals surface area contributed by atoms with Crippen molar-refractivity contribution in [3.63, 3.8) is 0 Å². The van der Waals surface area contributed by atoms with Crippen molar-refractivity contribution in [3.05, 3.63) is 54.3 Å². The summed E-state index contributed by atoms with van der Waals surface area (Å²) in [4.78, 5) is 19.1. The SMILES string of the molecule is O=C(Nc1ccccc1F)Sc1nc2ccccc2[nH]1. The number of H-pyrrole nitrogens is 1. The zero-order chi connectivity index (χ0) is 13.9. The average Bonchev–Trinajstić information content (AvgIpc) is 2.83. The standard InChI is InChI=1S/C14H10FN3OS/c15-9-5-1-2-6-10(9)18-14(19)20-13-16-11-7-3-4-8-12(11)17-13/h1-8H,(H,16,17)(H,18,19). The third-order valence-corrected chi connectivity index (χ3v) is 3.34. The molecule has 0 aliphatic heterocycles. The van der Waals surface area contributed by atoms with E-state index in [1.54, 1.807) is 12.1 Å². The largest absolute Gasteiger partial charge is 0.332 e. The molecule has 4 nitrogen and oxygen atoms in total. The van der Waals surface area contributed by atoms with E-state index in [0.29, 0.717) is 5.16 Å². The normalized spacial score (nSPS) is 10.7. The van der Waals surface area contributed by atoms with Crippen molar-refractivity contribution in [2.24, 2.45) is 0 Å². The van der Waals surface area contributed by atoms with Gasteiger partial charge in [-0.2, -0.15) is 0 Å². The van der Waals surface area contributed by atoms with Gasteiger partial charge >= 0.3 is 0 Å². The van der Waals surface area contributed by atoms with Gasteiger partial charge in [0.05, 0.1) is 16.7 Å². The summed E-state index contributed by atoms with van der Waals surface area (Å²) in [6.07, 6.45) is 0. The average molecular weight is 287 g/mol. The van der Waals surface area contributed by atoms with Gasteiger partial charge in [0.25, 0.3) is 5.24 Å². The second-order valence-electron chi connectivity index (χ2n) is 4.05. The monoisotopic (exact) mass is 287 g/mol. The van der Waals surface area contributed by atoms with Crippen molar-refractivity contribution >= 4 is 33.7 Å². The molecule has 0 aliphatic rings. The Morgan fingerprint density at radius 1 is 1.15 bits per heavy atom. The number of nitrogens with zero attached hydrogens (tertiary/aromatic N) is 1. The van der Waals surface area contributed by atoms with Gasteiger partial charge in [0.15, 0.2) is 5.16 Å². The third kappa shape index (κ3) is 2.65. The second-order valence-corrected chi connectivity index (χ2v) is 5.02. The molecule has 0 saturated heterocycles. The van der Waals surface area contributed by atoms with Crippen LogP contribution in [0.2, 0.25) is 0 Å². The van der Waals surface area contributed by atoms with Gasteiger partial charge in [-0.05, 0) is 24.3 Å². The molecule has 3 rings (SSSR count). The summed E-state index contributed by atoms with van der Waals surface area (Å²) < 4.78 is 13.4. The highest BCUT2D eigenvalue weighted by Gasteiger charge is 2.11. The molecule has 1 amide bonds. The first kappa shape index (κ1) is 12.7. The molecular formula is C14H10FN3OS. The van der Waals surface area contributed by atoms with Crippen LogP contribution in [-0.4, -0.2) is 15.2 Å². The van der Waals surface area contributed by atoms with E-state index in [2.05, 4.69) is 15.3 Å². The van der Waals surface area contributed by atoms with Crippen LogP contribution in [0.4, 0.5) is 14.9 Å². The summed E-state index contributed by atoms with van der Waals surface area (Å²) in [5.41, 5.74) is 1.79. The molecule has 2 aromatic carbocycles. The fourth-order valence-electron chi connectivity index (χ4n) is 1.76. The molecule has 1 aromatic heterocycles. The van der Waals surface area contributed by atoms with Crippen LogP contribution in [0, 0.1) is 5.82 Å². The molecule has 3 aromatic rings. The van der Waals surface area contributed by atoms with Crippen molar-refractivity contribution in [1.82, 2.24) is 9.97 Å². The number of hydrogen-bond donors (Lipinski definition) is 2. The molecule has 0 spiro atoms. The highest BCUT2D eigenvalue weighted by Crippen LogP contribution is 2.22. The van der Waals surface area contributed by atoms with E-state index < -0.39 is 11.1 Å². The number of imidazole rings is 1. The number of hydrogen-bond acceptors (Lipinski definition) is 3. The fourth-order valence-corrected chi connectivity index (χ4v) is 2.41. The van der Waals surface area contributed by atoms with Crippen molar-refractivity contribution in [3.8, 4) is 0 Å². The molecule has 0 bridgehead atoms. The molecule has 0 atom stereocenters. The number of thioether (sulfide) groups is 1. The van der Waals surface area contributed by atoms with Crippen LogP contribution in [0.25, 0.3) is 11.0 Å². The number of rotatable bonds is 2. The maximum Gasteiger partial charge on any atom is 0.291 e. The Bertz CT molecular complexity index is 739.